The summed E-state index contributed by atoms with van der Waals surface area (Å²) >= 11 is 0. The van der Waals surface area contributed by atoms with Gasteiger partial charge in [0.2, 0.25) is 0 Å². The normalized spacial score (nSPS) is 18.6. The van der Waals surface area contributed by atoms with Crippen molar-refractivity contribution in [1.82, 2.24) is 14.5 Å². The lowest BCUT2D eigenvalue weighted by Crippen LogP contribution is -2.17. The van der Waals surface area contributed by atoms with E-state index in [0.29, 0.717) is 65.1 Å². The number of anilines is 1. The quantitative estimate of drug-likeness (QED) is 0.458. The monoisotopic (exact) mass is 494 g/mol. The van der Waals surface area contributed by atoms with Gasteiger partial charge in [0.05, 0.1) is 29.3 Å². The molecule has 5 heterocycles. The first kappa shape index (κ1) is 21.7. The number of pyridine rings is 1. The van der Waals surface area contributed by atoms with Gasteiger partial charge >= 0.3 is 0 Å². The number of sulfone groups is 1. The predicted octanol–water partition coefficient (Wildman–Crippen LogP) is 3.38. The minimum absolute atomic E-state index is 0.0381. The van der Waals surface area contributed by atoms with Gasteiger partial charge in [-0.15, -0.1) is 0 Å². The molecular formula is C24H22N4O6S. The van der Waals surface area contributed by atoms with Crippen molar-refractivity contribution in [2.75, 3.05) is 30.0 Å². The number of imidazole rings is 1. The van der Waals surface area contributed by atoms with Crippen LogP contribution >= 0.6 is 0 Å². The number of hydrogen-bond donors (Lipinski definition) is 1. The second-order valence-corrected chi connectivity index (χ2v) is 10.8. The molecule has 11 heteroatoms. The van der Waals surface area contributed by atoms with Gasteiger partial charge in [-0.3, -0.25) is 4.79 Å². The lowest BCUT2D eigenvalue weighted by molar-refractivity contribution is 0.102. The Labute approximate surface area is 200 Å². The number of furan rings is 1. The molecule has 2 aliphatic rings. The van der Waals surface area contributed by atoms with Gasteiger partial charge in [0, 0.05) is 11.8 Å². The molecule has 6 rings (SSSR count). The van der Waals surface area contributed by atoms with E-state index >= 15 is 0 Å². The maximum absolute atomic E-state index is 13.4. The third-order valence-corrected chi connectivity index (χ3v) is 7.97. The summed E-state index contributed by atoms with van der Waals surface area (Å²) in [5.41, 5.74) is 2.13. The Balaban J connectivity index is 1.45. The number of ether oxygens (including phenoxy) is 2. The van der Waals surface area contributed by atoms with Gasteiger partial charge in [-0.05, 0) is 43.7 Å². The maximum Gasteiger partial charge on any atom is 0.276 e. The molecule has 0 radical (unpaired) electrons. The molecule has 0 saturated carbocycles. The number of hydrogen-bond acceptors (Lipinski definition) is 8. The Morgan fingerprint density at radius 2 is 1.94 bits per heavy atom. The average Bonchev–Trinajstić information content (AvgIpc) is 3.56. The second kappa shape index (κ2) is 8.12. The summed E-state index contributed by atoms with van der Waals surface area (Å²) in [5, 5.41) is 2.87. The summed E-state index contributed by atoms with van der Waals surface area (Å²) in [4.78, 5) is 22.7. The number of amides is 1. The molecule has 35 heavy (non-hydrogen) atoms. The molecule has 0 bridgehead atoms. The fraction of sp³-hybridized carbons (Fsp3) is 0.292. The summed E-state index contributed by atoms with van der Waals surface area (Å²) in [5.74, 6) is 2.00. The summed E-state index contributed by atoms with van der Waals surface area (Å²) in [7, 11) is -3.12. The first-order chi connectivity index (χ1) is 16.9. The van der Waals surface area contributed by atoms with E-state index in [-0.39, 0.29) is 23.2 Å². The van der Waals surface area contributed by atoms with Gasteiger partial charge in [0.1, 0.15) is 30.2 Å². The van der Waals surface area contributed by atoms with Crippen LogP contribution in [0.3, 0.4) is 0 Å². The largest absolute Gasteiger partial charge is 0.486 e. The van der Waals surface area contributed by atoms with Crippen molar-refractivity contribution in [1.29, 1.82) is 0 Å². The van der Waals surface area contributed by atoms with Crippen molar-refractivity contribution in [2.24, 2.45) is 0 Å². The number of fused-ring (bicyclic) bond motifs is 2. The number of aryl methyl sites for hydroxylation is 1. The first-order valence-electron chi connectivity index (χ1n) is 11.2. The average molecular weight is 495 g/mol. The van der Waals surface area contributed by atoms with Crippen LogP contribution in [-0.4, -0.2) is 53.6 Å². The van der Waals surface area contributed by atoms with Crippen molar-refractivity contribution in [3.8, 4) is 23.0 Å². The van der Waals surface area contributed by atoms with Crippen LogP contribution in [0.15, 0.2) is 47.1 Å². The number of nitrogens with one attached hydrogen (secondary N) is 1. The number of carbonyl (C=O) groups is 1. The molecule has 2 aliphatic heterocycles. The van der Waals surface area contributed by atoms with Crippen LogP contribution in [0, 0.1) is 6.92 Å². The first-order valence-corrected chi connectivity index (χ1v) is 13.0. The zero-order chi connectivity index (χ0) is 24.2. The van der Waals surface area contributed by atoms with Gasteiger partial charge in [0.25, 0.3) is 5.91 Å². The zero-order valence-corrected chi connectivity index (χ0v) is 19.7. The fourth-order valence-corrected chi connectivity index (χ4v) is 6.37. The molecule has 1 fully saturated rings. The van der Waals surface area contributed by atoms with E-state index in [1.807, 2.05) is 4.57 Å². The van der Waals surface area contributed by atoms with E-state index in [4.69, 9.17) is 13.9 Å². The van der Waals surface area contributed by atoms with Crippen molar-refractivity contribution >= 4 is 32.5 Å². The lowest BCUT2D eigenvalue weighted by atomic mass is 10.2. The third kappa shape index (κ3) is 3.91. The van der Waals surface area contributed by atoms with Crippen molar-refractivity contribution in [3.63, 3.8) is 0 Å². The lowest BCUT2D eigenvalue weighted by Gasteiger charge is -2.19. The minimum atomic E-state index is -3.12. The Hall–Kier alpha value is -3.86. The third-order valence-electron chi connectivity index (χ3n) is 6.22. The highest BCUT2D eigenvalue weighted by Crippen LogP contribution is 2.34. The number of aromatic nitrogens is 3. The Kier molecular flexibility index (Phi) is 5.03. The number of carbonyl (C=O) groups excluding carboxylic acids is 1. The van der Waals surface area contributed by atoms with Crippen LogP contribution < -0.4 is 14.8 Å². The van der Waals surface area contributed by atoms with Crippen molar-refractivity contribution < 1.29 is 27.1 Å². The summed E-state index contributed by atoms with van der Waals surface area (Å²) in [6.07, 6.45) is 2.02. The molecule has 10 nitrogen and oxygen atoms in total. The molecule has 1 N–H and O–H groups in total. The molecule has 1 saturated heterocycles. The highest BCUT2D eigenvalue weighted by atomic mass is 32.2. The van der Waals surface area contributed by atoms with Crippen molar-refractivity contribution in [2.45, 2.75) is 19.4 Å². The number of benzene rings is 1. The highest BCUT2D eigenvalue weighted by molar-refractivity contribution is 7.91. The minimum Gasteiger partial charge on any atom is -0.486 e. The fourth-order valence-electron chi connectivity index (χ4n) is 4.67. The zero-order valence-electron chi connectivity index (χ0n) is 18.9. The molecule has 180 valence electrons. The Morgan fingerprint density at radius 1 is 1.11 bits per heavy atom. The van der Waals surface area contributed by atoms with Crippen molar-refractivity contribution in [3.05, 3.63) is 54.2 Å². The maximum atomic E-state index is 13.4. The van der Waals surface area contributed by atoms with E-state index in [9.17, 15) is 13.2 Å². The molecule has 1 aromatic carbocycles. The SMILES string of the molecule is Cc1nc2c(C(=O)Nc3ccc4c(c3)OCCO4)nc(-c3ccco3)cc2n1C1CCS(=O)(=O)C1. The Bertz CT molecular complexity index is 1560. The van der Waals surface area contributed by atoms with E-state index < -0.39 is 15.7 Å². The van der Waals surface area contributed by atoms with Gasteiger partial charge in [-0.25, -0.2) is 18.4 Å². The van der Waals surface area contributed by atoms with Crippen LogP contribution in [0.1, 0.15) is 28.8 Å². The van der Waals surface area contributed by atoms with Crippen LogP contribution in [0.25, 0.3) is 22.5 Å². The summed E-state index contributed by atoms with van der Waals surface area (Å²) in [6, 6.07) is 10.2. The van der Waals surface area contributed by atoms with E-state index in [1.54, 1.807) is 43.3 Å². The standard InChI is InChI=1S/C24H22N4O6S/c1-14-25-22-18(28(14)16-6-10-35(30,31)13-16)12-17(19-3-2-7-32-19)27-23(22)24(29)26-15-4-5-20-21(11-15)34-9-8-33-20/h2-5,7,11-12,16H,6,8-10,13H2,1H3,(H,26,29). The van der Waals surface area contributed by atoms with Gasteiger partial charge in [0.15, 0.2) is 32.8 Å². The van der Waals surface area contributed by atoms with Crippen LogP contribution in [0.4, 0.5) is 5.69 Å². The summed E-state index contributed by atoms with van der Waals surface area (Å²) < 4.78 is 42.9. The Morgan fingerprint density at radius 3 is 2.69 bits per heavy atom. The number of rotatable bonds is 4. The van der Waals surface area contributed by atoms with Gasteiger partial charge in [-0.2, -0.15) is 0 Å². The van der Waals surface area contributed by atoms with E-state index in [1.165, 1.54) is 6.26 Å². The molecule has 1 unspecified atom stereocenters. The molecular weight excluding hydrogens is 472 g/mol. The topological polar surface area (TPSA) is 126 Å². The van der Waals surface area contributed by atoms with Gasteiger partial charge < -0.3 is 23.8 Å². The predicted molar refractivity (Wildman–Crippen MR) is 128 cm³/mol. The second-order valence-electron chi connectivity index (χ2n) is 8.60. The molecule has 0 aliphatic carbocycles. The smallest absolute Gasteiger partial charge is 0.276 e. The van der Waals surface area contributed by atoms with Crippen LogP contribution in [0.2, 0.25) is 0 Å². The molecule has 1 amide bonds. The molecule has 0 spiro atoms. The van der Waals surface area contributed by atoms with E-state index in [0.717, 1.165) is 0 Å². The molecule has 1 atom stereocenters. The highest BCUT2D eigenvalue weighted by Gasteiger charge is 2.32. The molecule has 4 aromatic rings. The van der Waals surface area contributed by atoms with Crippen LogP contribution in [-0.2, 0) is 9.84 Å². The van der Waals surface area contributed by atoms with Crippen LogP contribution in [0.5, 0.6) is 11.5 Å². The molecule has 3 aromatic heterocycles. The van der Waals surface area contributed by atoms with Gasteiger partial charge in [-0.1, -0.05) is 0 Å². The summed E-state index contributed by atoms with van der Waals surface area (Å²) in [6.45, 7) is 2.72. The number of nitrogens with zero attached hydrogens (tertiary/aromatic N) is 3. The van der Waals surface area contributed by atoms with E-state index in [2.05, 4.69) is 15.3 Å².